The second-order valence-electron chi connectivity index (χ2n) is 8.29. The Kier molecular flexibility index (Phi) is 7.64. The lowest BCUT2D eigenvalue weighted by atomic mass is 9.98. The highest BCUT2D eigenvalue weighted by atomic mass is 16.5. The van der Waals surface area contributed by atoms with Gasteiger partial charge in [-0.1, -0.05) is 32.0 Å². The number of rotatable bonds is 6. The summed E-state index contributed by atoms with van der Waals surface area (Å²) in [5.74, 6) is 0.567. The average molecular weight is 403 g/mol. The maximum Gasteiger partial charge on any atom is 0.238 e. The Morgan fingerprint density at radius 3 is 2.24 bits per heavy atom. The van der Waals surface area contributed by atoms with Gasteiger partial charge in [-0.05, 0) is 24.0 Å². The van der Waals surface area contributed by atoms with Gasteiger partial charge in [-0.3, -0.25) is 19.4 Å². The van der Waals surface area contributed by atoms with Crippen LogP contribution in [0.3, 0.4) is 0 Å². The first-order valence-electron chi connectivity index (χ1n) is 10.6. The van der Waals surface area contributed by atoms with Gasteiger partial charge in [0.25, 0.3) is 0 Å². The molecule has 2 aliphatic rings. The summed E-state index contributed by atoms with van der Waals surface area (Å²) >= 11 is 0. The van der Waals surface area contributed by atoms with Crippen molar-refractivity contribution in [2.75, 3.05) is 70.9 Å². The van der Waals surface area contributed by atoms with Crippen LogP contribution in [0.25, 0.3) is 0 Å². The standard InChI is InChI=1S/C22H34N4O3/c1-17(2)19-6-4-5-18(3)22(19)23-20(27)15-24-7-9-25(10-8-24)16-21(28)26-11-13-29-14-12-26/h4-6,17H,7-16H2,1-3H3,(H,23,27). The molecule has 0 bridgehead atoms. The highest BCUT2D eigenvalue weighted by Gasteiger charge is 2.24. The van der Waals surface area contributed by atoms with Crippen LogP contribution < -0.4 is 5.32 Å². The number of para-hydroxylation sites is 1. The van der Waals surface area contributed by atoms with Crippen LogP contribution in [0, 0.1) is 6.92 Å². The molecule has 0 atom stereocenters. The summed E-state index contributed by atoms with van der Waals surface area (Å²) in [5.41, 5.74) is 3.21. The molecule has 7 heteroatoms. The van der Waals surface area contributed by atoms with Crippen molar-refractivity contribution < 1.29 is 14.3 Å². The van der Waals surface area contributed by atoms with Crippen LogP contribution in [0.4, 0.5) is 5.69 Å². The third-order valence-electron chi connectivity index (χ3n) is 5.75. The minimum atomic E-state index is 0.0269. The van der Waals surface area contributed by atoms with Crippen molar-refractivity contribution in [1.82, 2.24) is 14.7 Å². The van der Waals surface area contributed by atoms with E-state index in [-0.39, 0.29) is 11.8 Å². The van der Waals surface area contributed by atoms with Gasteiger partial charge < -0.3 is 15.0 Å². The van der Waals surface area contributed by atoms with Crippen molar-refractivity contribution in [3.8, 4) is 0 Å². The summed E-state index contributed by atoms with van der Waals surface area (Å²) in [5, 5.41) is 3.13. The van der Waals surface area contributed by atoms with E-state index in [2.05, 4.69) is 35.0 Å². The Labute approximate surface area is 174 Å². The zero-order valence-electron chi connectivity index (χ0n) is 17.9. The maximum atomic E-state index is 12.6. The maximum absolute atomic E-state index is 12.6. The molecule has 1 aromatic carbocycles. The van der Waals surface area contributed by atoms with Crippen molar-refractivity contribution in [3.05, 3.63) is 29.3 Å². The number of morpholine rings is 1. The number of ether oxygens (including phenoxy) is 1. The van der Waals surface area contributed by atoms with Crippen LogP contribution in [-0.4, -0.2) is 92.1 Å². The number of nitrogens with one attached hydrogen (secondary N) is 1. The molecule has 2 heterocycles. The van der Waals surface area contributed by atoms with E-state index in [0.717, 1.165) is 37.4 Å². The third kappa shape index (κ3) is 6.01. The number of anilines is 1. The lowest BCUT2D eigenvalue weighted by Crippen LogP contribution is -2.52. The summed E-state index contributed by atoms with van der Waals surface area (Å²) in [6.45, 7) is 13.0. The molecule has 2 aliphatic heterocycles. The summed E-state index contributed by atoms with van der Waals surface area (Å²) in [6, 6.07) is 6.15. The molecule has 0 spiro atoms. The lowest BCUT2D eigenvalue weighted by molar-refractivity contribution is -0.137. The van der Waals surface area contributed by atoms with Crippen molar-refractivity contribution >= 4 is 17.5 Å². The number of hydrogen-bond donors (Lipinski definition) is 1. The number of carbonyl (C=O) groups is 2. The van der Waals surface area contributed by atoms with Crippen molar-refractivity contribution in [1.29, 1.82) is 0 Å². The fourth-order valence-corrected chi connectivity index (χ4v) is 3.93. The summed E-state index contributed by atoms with van der Waals surface area (Å²) in [4.78, 5) is 31.3. The van der Waals surface area contributed by atoms with E-state index in [1.165, 1.54) is 5.56 Å². The molecule has 1 N–H and O–H groups in total. The number of piperazine rings is 1. The molecule has 160 valence electrons. The molecule has 0 aromatic heterocycles. The summed E-state index contributed by atoms with van der Waals surface area (Å²) in [7, 11) is 0. The molecular formula is C22H34N4O3. The Bertz CT molecular complexity index is 708. The highest BCUT2D eigenvalue weighted by Crippen LogP contribution is 2.27. The van der Waals surface area contributed by atoms with E-state index in [4.69, 9.17) is 4.74 Å². The second kappa shape index (κ2) is 10.2. The topological polar surface area (TPSA) is 65.1 Å². The summed E-state index contributed by atoms with van der Waals surface area (Å²) in [6.07, 6.45) is 0. The molecule has 29 heavy (non-hydrogen) atoms. The van der Waals surface area contributed by atoms with Crippen LogP contribution in [0.15, 0.2) is 18.2 Å². The molecule has 2 amide bonds. The van der Waals surface area contributed by atoms with Crippen LogP contribution in [0.2, 0.25) is 0 Å². The molecule has 0 unspecified atom stereocenters. The lowest BCUT2D eigenvalue weighted by Gasteiger charge is -2.35. The molecule has 7 nitrogen and oxygen atoms in total. The molecule has 0 saturated carbocycles. The molecule has 2 fully saturated rings. The Balaban J connectivity index is 1.45. The van der Waals surface area contributed by atoms with Gasteiger partial charge in [0.1, 0.15) is 0 Å². The van der Waals surface area contributed by atoms with E-state index >= 15 is 0 Å². The van der Waals surface area contributed by atoms with Gasteiger partial charge in [-0.2, -0.15) is 0 Å². The van der Waals surface area contributed by atoms with E-state index < -0.39 is 0 Å². The average Bonchev–Trinajstić information content (AvgIpc) is 2.71. The van der Waals surface area contributed by atoms with Crippen molar-refractivity contribution in [3.63, 3.8) is 0 Å². The zero-order valence-corrected chi connectivity index (χ0v) is 17.9. The number of hydrogen-bond acceptors (Lipinski definition) is 5. The van der Waals surface area contributed by atoms with Crippen LogP contribution in [0.5, 0.6) is 0 Å². The van der Waals surface area contributed by atoms with E-state index in [0.29, 0.717) is 45.3 Å². The Hall–Kier alpha value is -1.96. The third-order valence-corrected chi connectivity index (χ3v) is 5.75. The number of carbonyl (C=O) groups excluding carboxylic acids is 2. The van der Waals surface area contributed by atoms with Gasteiger partial charge in [0, 0.05) is 45.0 Å². The SMILES string of the molecule is Cc1cccc(C(C)C)c1NC(=O)CN1CCN(CC(=O)N2CCOCC2)CC1. The minimum absolute atomic E-state index is 0.0269. The minimum Gasteiger partial charge on any atom is -0.378 e. The Morgan fingerprint density at radius 2 is 1.62 bits per heavy atom. The van der Waals surface area contributed by atoms with Crippen LogP contribution >= 0.6 is 0 Å². The van der Waals surface area contributed by atoms with E-state index in [1.807, 2.05) is 24.0 Å². The number of nitrogens with zero attached hydrogens (tertiary/aromatic N) is 3. The predicted octanol–water partition coefficient (Wildman–Crippen LogP) is 1.53. The van der Waals surface area contributed by atoms with Gasteiger partial charge in [0.05, 0.1) is 26.3 Å². The van der Waals surface area contributed by atoms with Crippen LogP contribution in [0.1, 0.15) is 30.9 Å². The monoisotopic (exact) mass is 402 g/mol. The normalized spacial score (nSPS) is 18.8. The van der Waals surface area contributed by atoms with Gasteiger partial charge in [-0.25, -0.2) is 0 Å². The largest absolute Gasteiger partial charge is 0.378 e. The molecule has 3 rings (SSSR count). The second-order valence-corrected chi connectivity index (χ2v) is 8.29. The zero-order chi connectivity index (χ0) is 20.8. The molecule has 0 aliphatic carbocycles. The van der Waals surface area contributed by atoms with Crippen molar-refractivity contribution in [2.45, 2.75) is 26.7 Å². The molecule has 1 aromatic rings. The first-order valence-corrected chi connectivity index (χ1v) is 10.6. The van der Waals surface area contributed by atoms with Crippen molar-refractivity contribution in [2.24, 2.45) is 0 Å². The van der Waals surface area contributed by atoms with Gasteiger partial charge in [-0.15, -0.1) is 0 Å². The van der Waals surface area contributed by atoms with Gasteiger partial charge >= 0.3 is 0 Å². The summed E-state index contributed by atoms with van der Waals surface area (Å²) < 4.78 is 5.31. The van der Waals surface area contributed by atoms with Crippen LogP contribution in [-0.2, 0) is 14.3 Å². The van der Waals surface area contributed by atoms with E-state index in [9.17, 15) is 9.59 Å². The fourth-order valence-electron chi connectivity index (χ4n) is 3.93. The van der Waals surface area contributed by atoms with Gasteiger partial charge in [0.2, 0.25) is 11.8 Å². The number of amides is 2. The smallest absolute Gasteiger partial charge is 0.238 e. The Morgan fingerprint density at radius 1 is 1.00 bits per heavy atom. The molecular weight excluding hydrogens is 368 g/mol. The van der Waals surface area contributed by atoms with Gasteiger partial charge in [0.15, 0.2) is 0 Å². The molecule has 2 saturated heterocycles. The first kappa shape index (κ1) is 21.7. The number of aryl methyl sites for hydroxylation is 1. The first-order chi connectivity index (χ1) is 13.9. The fraction of sp³-hybridized carbons (Fsp3) is 0.636. The predicted molar refractivity (Wildman–Crippen MR) is 114 cm³/mol. The molecule has 0 radical (unpaired) electrons. The van der Waals surface area contributed by atoms with E-state index in [1.54, 1.807) is 0 Å². The number of benzene rings is 1. The highest BCUT2D eigenvalue weighted by molar-refractivity contribution is 5.94. The quantitative estimate of drug-likeness (QED) is 0.782.